The van der Waals surface area contributed by atoms with Gasteiger partial charge in [-0.25, -0.2) is 4.79 Å². The molecule has 1 atom stereocenters. The molecule has 1 saturated carbocycles. The average Bonchev–Trinajstić information content (AvgIpc) is 3.18. The van der Waals surface area contributed by atoms with Gasteiger partial charge in [-0.1, -0.05) is 12.8 Å². The lowest BCUT2D eigenvalue weighted by Gasteiger charge is -2.12. The van der Waals surface area contributed by atoms with Crippen LogP contribution in [0.5, 0.6) is 0 Å². The number of carbonyl (C=O) groups is 2. The highest BCUT2D eigenvalue weighted by atomic mass is 16.4. The Balaban J connectivity index is 1.80. The molecular formula is C17H19NO4. The van der Waals surface area contributed by atoms with E-state index in [0.29, 0.717) is 17.9 Å². The first-order valence-electron chi connectivity index (χ1n) is 7.48. The predicted octanol–water partition coefficient (Wildman–Crippen LogP) is 3.03. The second-order valence-corrected chi connectivity index (χ2v) is 6.13. The highest BCUT2D eigenvalue weighted by Crippen LogP contribution is 2.33. The number of benzene rings is 1. The topological polar surface area (TPSA) is 79.5 Å². The van der Waals surface area contributed by atoms with E-state index < -0.39 is 17.9 Å². The minimum absolute atomic E-state index is 0.155. The third-order valence-electron chi connectivity index (χ3n) is 4.23. The van der Waals surface area contributed by atoms with Gasteiger partial charge in [-0.15, -0.1) is 0 Å². The molecule has 0 spiro atoms. The molecule has 116 valence electrons. The number of hydrogen-bond acceptors (Lipinski definition) is 3. The zero-order valence-electron chi connectivity index (χ0n) is 12.7. The SMILES string of the molecule is Cc1cc2cc(C(=O)NC(CC3CC3)C(=O)O)oc2cc1C. The summed E-state index contributed by atoms with van der Waals surface area (Å²) in [5.74, 6) is -0.896. The van der Waals surface area contributed by atoms with Gasteiger partial charge in [0.15, 0.2) is 5.76 Å². The largest absolute Gasteiger partial charge is 0.480 e. The zero-order chi connectivity index (χ0) is 15.9. The lowest BCUT2D eigenvalue weighted by Crippen LogP contribution is -2.41. The first-order chi connectivity index (χ1) is 10.4. The van der Waals surface area contributed by atoms with Crippen molar-refractivity contribution in [2.75, 3.05) is 0 Å². The van der Waals surface area contributed by atoms with E-state index in [1.54, 1.807) is 6.07 Å². The molecule has 1 aliphatic rings. The van der Waals surface area contributed by atoms with Crippen LogP contribution >= 0.6 is 0 Å². The van der Waals surface area contributed by atoms with Crippen molar-refractivity contribution < 1.29 is 19.1 Å². The number of furan rings is 1. The van der Waals surface area contributed by atoms with E-state index in [9.17, 15) is 14.7 Å². The Morgan fingerprint density at radius 3 is 2.59 bits per heavy atom. The summed E-state index contributed by atoms with van der Waals surface area (Å²) in [6.07, 6.45) is 2.57. The van der Waals surface area contributed by atoms with E-state index in [1.165, 1.54) is 0 Å². The summed E-state index contributed by atoms with van der Waals surface area (Å²) in [4.78, 5) is 23.5. The summed E-state index contributed by atoms with van der Waals surface area (Å²) in [6, 6.07) is 4.66. The molecule has 3 rings (SSSR count). The number of fused-ring (bicyclic) bond motifs is 1. The van der Waals surface area contributed by atoms with Gasteiger partial charge in [0.1, 0.15) is 11.6 Å². The van der Waals surface area contributed by atoms with Gasteiger partial charge in [0, 0.05) is 5.39 Å². The molecule has 0 radical (unpaired) electrons. The second-order valence-electron chi connectivity index (χ2n) is 6.13. The maximum absolute atomic E-state index is 12.2. The van der Waals surface area contributed by atoms with Gasteiger partial charge in [0.05, 0.1) is 0 Å². The van der Waals surface area contributed by atoms with Crippen molar-refractivity contribution in [2.45, 2.75) is 39.2 Å². The van der Waals surface area contributed by atoms with Gasteiger partial charge in [0.2, 0.25) is 0 Å². The lowest BCUT2D eigenvalue weighted by molar-refractivity contribution is -0.139. The van der Waals surface area contributed by atoms with Crippen molar-refractivity contribution >= 4 is 22.8 Å². The van der Waals surface area contributed by atoms with Crippen LogP contribution in [0.1, 0.15) is 40.9 Å². The molecule has 1 aromatic carbocycles. The molecule has 1 aromatic heterocycles. The number of nitrogens with one attached hydrogen (secondary N) is 1. The molecule has 1 amide bonds. The third kappa shape index (κ3) is 2.98. The number of rotatable bonds is 5. The van der Waals surface area contributed by atoms with E-state index in [0.717, 1.165) is 29.4 Å². The molecule has 22 heavy (non-hydrogen) atoms. The van der Waals surface area contributed by atoms with Crippen molar-refractivity contribution in [3.05, 3.63) is 35.1 Å². The standard InChI is InChI=1S/C17H19NO4/c1-9-5-12-8-15(22-14(12)6-10(9)2)16(19)18-13(17(20)21)7-11-3-4-11/h5-6,8,11,13H,3-4,7H2,1-2H3,(H,18,19)(H,20,21). The van der Waals surface area contributed by atoms with Crippen LogP contribution in [0.4, 0.5) is 0 Å². The van der Waals surface area contributed by atoms with Crippen LogP contribution in [0, 0.1) is 19.8 Å². The number of hydrogen-bond donors (Lipinski definition) is 2. The monoisotopic (exact) mass is 301 g/mol. The van der Waals surface area contributed by atoms with Gasteiger partial charge < -0.3 is 14.8 Å². The highest BCUT2D eigenvalue weighted by Gasteiger charge is 2.31. The third-order valence-corrected chi connectivity index (χ3v) is 4.23. The zero-order valence-corrected chi connectivity index (χ0v) is 12.7. The lowest BCUT2D eigenvalue weighted by atomic mass is 10.1. The van der Waals surface area contributed by atoms with Gasteiger partial charge >= 0.3 is 5.97 Å². The fraction of sp³-hybridized carbons (Fsp3) is 0.412. The maximum atomic E-state index is 12.2. The van der Waals surface area contributed by atoms with E-state index in [2.05, 4.69) is 5.32 Å². The van der Waals surface area contributed by atoms with Crippen LogP contribution in [0.15, 0.2) is 22.6 Å². The average molecular weight is 301 g/mol. The Morgan fingerprint density at radius 2 is 1.95 bits per heavy atom. The smallest absolute Gasteiger partial charge is 0.326 e. The van der Waals surface area contributed by atoms with Crippen LogP contribution < -0.4 is 5.32 Å². The van der Waals surface area contributed by atoms with Crippen LogP contribution in [0.2, 0.25) is 0 Å². The Kier molecular flexibility index (Phi) is 3.64. The Hall–Kier alpha value is -2.30. The number of aliphatic carboxylic acids is 1. The number of carboxylic acid groups (broad SMARTS) is 1. The molecule has 1 fully saturated rings. The van der Waals surface area contributed by atoms with Gasteiger partial charge in [0.25, 0.3) is 5.91 Å². The van der Waals surface area contributed by atoms with Crippen molar-refractivity contribution in [3.63, 3.8) is 0 Å². The summed E-state index contributed by atoms with van der Waals surface area (Å²) in [7, 11) is 0. The minimum Gasteiger partial charge on any atom is -0.480 e. The van der Waals surface area contributed by atoms with Gasteiger partial charge in [-0.05, 0) is 55.5 Å². The quantitative estimate of drug-likeness (QED) is 0.889. The number of amides is 1. The first kappa shape index (κ1) is 14.6. The second kappa shape index (κ2) is 5.48. The summed E-state index contributed by atoms with van der Waals surface area (Å²) < 4.78 is 5.56. The molecule has 5 nitrogen and oxygen atoms in total. The molecule has 5 heteroatoms. The Bertz CT molecular complexity index is 703. The number of carbonyl (C=O) groups excluding carboxylic acids is 1. The van der Waals surface area contributed by atoms with E-state index in [1.807, 2.05) is 26.0 Å². The fourth-order valence-electron chi connectivity index (χ4n) is 2.55. The van der Waals surface area contributed by atoms with Crippen molar-refractivity contribution in [1.82, 2.24) is 5.32 Å². The predicted molar refractivity (Wildman–Crippen MR) is 81.9 cm³/mol. The highest BCUT2D eigenvalue weighted by molar-refractivity contribution is 5.98. The molecule has 1 aliphatic carbocycles. The van der Waals surface area contributed by atoms with Crippen molar-refractivity contribution in [2.24, 2.45) is 5.92 Å². The molecule has 2 N–H and O–H groups in total. The molecular weight excluding hydrogens is 282 g/mol. The normalized spacial score (nSPS) is 15.7. The summed E-state index contributed by atoms with van der Waals surface area (Å²) in [5, 5.41) is 12.6. The van der Waals surface area contributed by atoms with Crippen LogP contribution in [0.3, 0.4) is 0 Å². The number of aryl methyl sites for hydroxylation is 2. The Morgan fingerprint density at radius 1 is 1.27 bits per heavy atom. The minimum atomic E-state index is -0.997. The van der Waals surface area contributed by atoms with E-state index in [-0.39, 0.29) is 5.76 Å². The molecule has 0 bridgehead atoms. The molecule has 0 aliphatic heterocycles. The molecule has 0 saturated heterocycles. The van der Waals surface area contributed by atoms with Crippen molar-refractivity contribution in [3.8, 4) is 0 Å². The van der Waals surface area contributed by atoms with E-state index in [4.69, 9.17) is 4.42 Å². The number of carboxylic acids is 1. The van der Waals surface area contributed by atoms with Crippen molar-refractivity contribution in [1.29, 1.82) is 0 Å². The summed E-state index contributed by atoms with van der Waals surface area (Å²) >= 11 is 0. The first-order valence-corrected chi connectivity index (χ1v) is 7.48. The molecule has 1 unspecified atom stereocenters. The Labute approximate surface area is 128 Å². The van der Waals surface area contributed by atoms with Gasteiger partial charge in [-0.3, -0.25) is 4.79 Å². The molecule has 2 aromatic rings. The van der Waals surface area contributed by atoms with Crippen LogP contribution in [-0.4, -0.2) is 23.0 Å². The molecule has 1 heterocycles. The van der Waals surface area contributed by atoms with Gasteiger partial charge in [-0.2, -0.15) is 0 Å². The van der Waals surface area contributed by atoms with E-state index >= 15 is 0 Å². The summed E-state index contributed by atoms with van der Waals surface area (Å²) in [6.45, 7) is 3.98. The van der Waals surface area contributed by atoms with Crippen LogP contribution in [0.25, 0.3) is 11.0 Å². The fourth-order valence-corrected chi connectivity index (χ4v) is 2.55. The summed E-state index contributed by atoms with van der Waals surface area (Å²) in [5.41, 5.74) is 2.85. The maximum Gasteiger partial charge on any atom is 0.326 e. The van der Waals surface area contributed by atoms with Crippen LogP contribution in [-0.2, 0) is 4.79 Å².